The van der Waals surface area contributed by atoms with E-state index in [4.69, 9.17) is 9.84 Å². The molecule has 1 aromatic rings. The molecule has 1 aromatic carbocycles. The van der Waals surface area contributed by atoms with Crippen molar-refractivity contribution in [2.24, 2.45) is 0 Å². The van der Waals surface area contributed by atoms with Gasteiger partial charge in [-0.15, -0.1) is 0 Å². The van der Waals surface area contributed by atoms with Crippen LogP contribution in [0.15, 0.2) is 18.2 Å². The maximum Gasteiger partial charge on any atom is 0.323 e. The highest BCUT2D eigenvalue weighted by Gasteiger charge is 2.34. The highest BCUT2D eigenvalue weighted by Crippen LogP contribution is 2.29. The van der Waals surface area contributed by atoms with Crippen LogP contribution in [0.25, 0.3) is 0 Å². The minimum Gasteiger partial charge on any atom is -0.494 e. The lowest BCUT2D eigenvalue weighted by Crippen LogP contribution is -2.37. The van der Waals surface area contributed by atoms with Gasteiger partial charge in [-0.25, -0.2) is 0 Å². The van der Waals surface area contributed by atoms with E-state index in [9.17, 15) is 9.59 Å². The molecule has 0 aromatic heterocycles. The SMILES string of the molecule is CCOc1cc(C(=O)N(CC(=O)O)C2CC2)ccc1C. The molecule has 1 aliphatic rings. The number of aryl methyl sites for hydroxylation is 1. The van der Waals surface area contributed by atoms with Crippen LogP contribution in [0, 0.1) is 6.92 Å². The number of nitrogens with zero attached hydrogens (tertiary/aromatic N) is 1. The van der Waals surface area contributed by atoms with Crippen LogP contribution in [-0.2, 0) is 4.79 Å². The highest BCUT2D eigenvalue weighted by molar-refractivity contribution is 5.96. The van der Waals surface area contributed by atoms with Gasteiger partial charge in [0.1, 0.15) is 12.3 Å². The third-order valence-corrected chi connectivity index (χ3v) is 3.29. The monoisotopic (exact) mass is 277 g/mol. The molecule has 0 aliphatic heterocycles. The van der Waals surface area contributed by atoms with Crippen LogP contribution in [0.4, 0.5) is 0 Å². The Bertz CT molecular complexity index is 523. The van der Waals surface area contributed by atoms with Gasteiger partial charge in [-0.1, -0.05) is 6.07 Å². The molecule has 1 aliphatic carbocycles. The zero-order valence-corrected chi connectivity index (χ0v) is 11.8. The molecule has 1 N–H and O–H groups in total. The van der Waals surface area contributed by atoms with Crippen molar-refractivity contribution in [3.8, 4) is 5.75 Å². The van der Waals surface area contributed by atoms with Gasteiger partial charge < -0.3 is 14.7 Å². The summed E-state index contributed by atoms with van der Waals surface area (Å²) in [7, 11) is 0. The highest BCUT2D eigenvalue weighted by atomic mass is 16.5. The molecular weight excluding hydrogens is 258 g/mol. The largest absolute Gasteiger partial charge is 0.494 e. The van der Waals surface area contributed by atoms with Crippen molar-refractivity contribution in [1.82, 2.24) is 4.90 Å². The predicted octanol–water partition coefficient (Wildman–Crippen LogP) is 2.08. The molecule has 1 saturated carbocycles. The Balaban J connectivity index is 2.22. The van der Waals surface area contributed by atoms with Crippen LogP contribution in [0.1, 0.15) is 35.7 Å². The van der Waals surface area contributed by atoms with E-state index in [1.807, 2.05) is 19.9 Å². The lowest BCUT2D eigenvalue weighted by molar-refractivity contribution is -0.137. The summed E-state index contributed by atoms with van der Waals surface area (Å²) in [5.74, 6) is -0.553. The van der Waals surface area contributed by atoms with Crippen LogP contribution in [0.5, 0.6) is 5.75 Å². The van der Waals surface area contributed by atoms with E-state index >= 15 is 0 Å². The van der Waals surface area contributed by atoms with E-state index in [1.54, 1.807) is 12.1 Å². The van der Waals surface area contributed by atoms with Crippen molar-refractivity contribution in [3.05, 3.63) is 29.3 Å². The van der Waals surface area contributed by atoms with E-state index in [2.05, 4.69) is 0 Å². The molecule has 0 saturated heterocycles. The van der Waals surface area contributed by atoms with Gasteiger partial charge in [-0.2, -0.15) is 0 Å². The second-order valence-corrected chi connectivity index (χ2v) is 4.97. The molecule has 2 rings (SSSR count). The smallest absolute Gasteiger partial charge is 0.323 e. The van der Waals surface area contributed by atoms with E-state index in [-0.39, 0.29) is 18.5 Å². The Morgan fingerprint density at radius 1 is 1.40 bits per heavy atom. The Hall–Kier alpha value is -2.04. The van der Waals surface area contributed by atoms with Gasteiger partial charge in [0.25, 0.3) is 5.91 Å². The molecule has 1 fully saturated rings. The number of amides is 1. The van der Waals surface area contributed by atoms with Gasteiger partial charge in [0.2, 0.25) is 0 Å². The quantitative estimate of drug-likeness (QED) is 0.864. The summed E-state index contributed by atoms with van der Waals surface area (Å²) in [5, 5.41) is 8.92. The van der Waals surface area contributed by atoms with E-state index in [0.717, 1.165) is 18.4 Å². The summed E-state index contributed by atoms with van der Waals surface area (Å²) in [5.41, 5.74) is 1.44. The third-order valence-electron chi connectivity index (χ3n) is 3.29. The van der Waals surface area contributed by atoms with E-state index in [0.29, 0.717) is 17.9 Å². The van der Waals surface area contributed by atoms with Crippen LogP contribution >= 0.6 is 0 Å². The van der Waals surface area contributed by atoms with Crippen molar-refractivity contribution in [1.29, 1.82) is 0 Å². The molecule has 0 bridgehead atoms. The fraction of sp³-hybridized carbons (Fsp3) is 0.467. The van der Waals surface area contributed by atoms with Gasteiger partial charge >= 0.3 is 5.97 Å². The number of carboxylic acid groups (broad SMARTS) is 1. The molecule has 0 spiro atoms. The molecule has 1 amide bonds. The second-order valence-electron chi connectivity index (χ2n) is 4.97. The zero-order valence-electron chi connectivity index (χ0n) is 11.8. The minimum absolute atomic E-state index is 0.0652. The number of benzene rings is 1. The molecule has 108 valence electrons. The number of hydrogen-bond acceptors (Lipinski definition) is 3. The van der Waals surface area contributed by atoms with Gasteiger partial charge in [-0.3, -0.25) is 9.59 Å². The number of rotatable bonds is 6. The van der Waals surface area contributed by atoms with Crippen molar-refractivity contribution in [2.45, 2.75) is 32.7 Å². The lowest BCUT2D eigenvalue weighted by atomic mass is 10.1. The number of hydrogen-bond donors (Lipinski definition) is 1. The van der Waals surface area contributed by atoms with Crippen molar-refractivity contribution >= 4 is 11.9 Å². The minimum atomic E-state index is -0.984. The summed E-state index contributed by atoms with van der Waals surface area (Å²) in [6, 6.07) is 5.30. The molecule has 5 heteroatoms. The topological polar surface area (TPSA) is 66.8 Å². The number of carboxylic acids is 1. The summed E-state index contributed by atoms with van der Waals surface area (Å²) in [4.78, 5) is 24.8. The predicted molar refractivity (Wildman–Crippen MR) is 74.0 cm³/mol. The Labute approximate surface area is 118 Å². The third kappa shape index (κ3) is 3.29. The first-order valence-electron chi connectivity index (χ1n) is 6.79. The average molecular weight is 277 g/mol. The van der Waals surface area contributed by atoms with Crippen LogP contribution < -0.4 is 4.74 Å². The average Bonchev–Trinajstić information content (AvgIpc) is 3.22. The number of aliphatic carboxylic acids is 1. The lowest BCUT2D eigenvalue weighted by Gasteiger charge is -2.20. The second kappa shape index (κ2) is 5.94. The fourth-order valence-electron chi connectivity index (χ4n) is 2.11. The van der Waals surface area contributed by atoms with Gasteiger partial charge in [0.05, 0.1) is 6.61 Å². The number of carbonyl (C=O) groups excluding carboxylic acids is 1. The number of carbonyl (C=O) groups is 2. The standard InChI is InChI=1S/C15H19NO4/c1-3-20-13-8-11(5-4-10(13)2)15(19)16(9-14(17)18)12-6-7-12/h4-5,8,12H,3,6-7,9H2,1-2H3,(H,17,18). The van der Waals surface area contributed by atoms with Crippen LogP contribution in [0.2, 0.25) is 0 Å². The van der Waals surface area contributed by atoms with Crippen molar-refractivity contribution in [2.75, 3.05) is 13.2 Å². The zero-order chi connectivity index (χ0) is 14.7. The first-order valence-corrected chi connectivity index (χ1v) is 6.79. The van der Waals surface area contributed by atoms with Crippen molar-refractivity contribution in [3.63, 3.8) is 0 Å². The summed E-state index contributed by atoms with van der Waals surface area (Å²) in [6.45, 7) is 4.07. The molecule has 20 heavy (non-hydrogen) atoms. The Morgan fingerprint density at radius 2 is 2.10 bits per heavy atom. The maximum atomic E-state index is 12.4. The summed E-state index contributed by atoms with van der Waals surface area (Å²) >= 11 is 0. The van der Waals surface area contributed by atoms with Crippen molar-refractivity contribution < 1.29 is 19.4 Å². The van der Waals surface area contributed by atoms with Gasteiger partial charge in [-0.05, 0) is 44.4 Å². The summed E-state index contributed by atoms with van der Waals surface area (Å²) in [6.07, 6.45) is 1.76. The molecule has 0 heterocycles. The van der Waals surface area contributed by atoms with Gasteiger partial charge in [0, 0.05) is 11.6 Å². The number of ether oxygens (including phenoxy) is 1. The normalized spacial score (nSPS) is 13.9. The molecule has 0 atom stereocenters. The first-order chi connectivity index (χ1) is 9.52. The van der Waals surface area contributed by atoms with Gasteiger partial charge in [0.15, 0.2) is 0 Å². The molecule has 5 nitrogen and oxygen atoms in total. The van der Waals surface area contributed by atoms with E-state index in [1.165, 1.54) is 4.90 Å². The Morgan fingerprint density at radius 3 is 2.65 bits per heavy atom. The summed E-state index contributed by atoms with van der Waals surface area (Å²) < 4.78 is 5.48. The molecule has 0 radical (unpaired) electrons. The molecule has 0 unspecified atom stereocenters. The fourth-order valence-corrected chi connectivity index (χ4v) is 2.11. The van der Waals surface area contributed by atoms with E-state index < -0.39 is 5.97 Å². The first kappa shape index (κ1) is 14.4. The van der Waals surface area contributed by atoms with Crippen LogP contribution in [0.3, 0.4) is 0 Å². The Kier molecular flexibility index (Phi) is 4.27. The maximum absolute atomic E-state index is 12.4. The van der Waals surface area contributed by atoms with Crippen LogP contribution in [-0.4, -0.2) is 41.1 Å². The molecular formula is C15H19NO4.